The van der Waals surface area contributed by atoms with E-state index in [0.29, 0.717) is 30.2 Å². The van der Waals surface area contributed by atoms with Crippen LogP contribution in [0.5, 0.6) is 0 Å². The van der Waals surface area contributed by atoms with Crippen LogP contribution < -0.4 is 0 Å². The van der Waals surface area contributed by atoms with Gasteiger partial charge in [-0.05, 0) is 18.1 Å². The molecule has 134 valence electrons. The molecule has 26 heavy (non-hydrogen) atoms. The Morgan fingerprint density at radius 3 is 2.81 bits per heavy atom. The van der Waals surface area contributed by atoms with E-state index in [-0.39, 0.29) is 5.91 Å². The summed E-state index contributed by atoms with van der Waals surface area (Å²) in [6.45, 7) is 1.10. The number of hydrogen-bond acceptors (Lipinski definition) is 3. The van der Waals surface area contributed by atoms with Crippen LogP contribution >= 0.6 is 11.6 Å². The van der Waals surface area contributed by atoms with Gasteiger partial charge in [-0.3, -0.25) is 4.79 Å². The van der Waals surface area contributed by atoms with Crippen LogP contribution in [0, 0.1) is 0 Å². The summed E-state index contributed by atoms with van der Waals surface area (Å²) in [6.07, 6.45) is 4.09. The number of hydrogen-bond donors (Lipinski definition) is 0. The fraction of sp³-hybridized carbons (Fsp3) is 0.300. The van der Waals surface area contributed by atoms with Crippen LogP contribution in [-0.2, 0) is 32.9 Å². The minimum atomic E-state index is -0.0288. The van der Waals surface area contributed by atoms with E-state index < -0.39 is 0 Å². The highest BCUT2D eigenvalue weighted by Crippen LogP contribution is 2.23. The second kappa shape index (κ2) is 7.00. The molecule has 0 spiro atoms. The average Bonchev–Trinajstić information content (AvgIpc) is 3.21. The summed E-state index contributed by atoms with van der Waals surface area (Å²) < 4.78 is 7.67. The predicted molar refractivity (Wildman–Crippen MR) is 99.2 cm³/mol. The van der Waals surface area contributed by atoms with Gasteiger partial charge in [0.15, 0.2) is 5.89 Å². The van der Waals surface area contributed by atoms with Crippen molar-refractivity contribution in [2.24, 2.45) is 7.05 Å². The summed E-state index contributed by atoms with van der Waals surface area (Å²) >= 11 is 6.00. The van der Waals surface area contributed by atoms with Gasteiger partial charge in [-0.15, -0.1) is 0 Å². The SMILES string of the molecule is Cn1cc(Cl)cc1C(=O)N1CCc2oc(CCc3ccccc3)nc2C1. The van der Waals surface area contributed by atoms with Gasteiger partial charge in [0, 0.05) is 32.6 Å². The quantitative estimate of drug-likeness (QED) is 0.705. The van der Waals surface area contributed by atoms with Crippen molar-refractivity contribution in [3.63, 3.8) is 0 Å². The van der Waals surface area contributed by atoms with Crippen LogP contribution in [0.3, 0.4) is 0 Å². The number of rotatable bonds is 4. The number of amides is 1. The third-order valence-corrected chi connectivity index (χ3v) is 4.93. The first kappa shape index (κ1) is 16.9. The lowest BCUT2D eigenvalue weighted by Gasteiger charge is -2.25. The molecule has 0 aliphatic carbocycles. The number of aromatic nitrogens is 2. The van der Waals surface area contributed by atoms with Gasteiger partial charge in [0.2, 0.25) is 0 Å². The van der Waals surface area contributed by atoms with Gasteiger partial charge in [-0.25, -0.2) is 4.98 Å². The van der Waals surface area contributed by atoms with E-state index in [4.69, 9.17) is 16.0 Å². The smallest absolute Gasteiger partial charge is 0.270 e. The number of aryl methyl sites for hydroxylation is 3. The second-order valence-electron chi connectivity index (χ2n) is 6.59. The molecule has 0 radical (unpaired) electrons. The van der Waals surface area contributed by atoms with Gasteiger partial charge < -0.3 is 13.9 Å². The van der Waals surface area contributed by atoms with Gasteiger partial charge in [-0.2, -0.15) is 0 Å². The Morgan fingerprint density at radius 2 is 2.08 bits per heavy atom. The highest BCUT2D eigenvalue weighted by Gasteiger charge is 2.27. The Labute approximate surface area is 157 Å². The topological polar surface area (TPSA) is 51.3 Å². The molecule has 2 aromatic heterocycles. The molecule has 0 saturated carbocycles. The van der Waals surface area contributed by atoms with E-state index in [2.05, 4.69) is 17.1 Å². The second-order valence-corrected chi connectivity index (χ2v) is 7.03. The molecule has 0 N–H and O–H groups in total. The number of carbonyl (C=O) groups is 1. The van der Waals surface area contributed by atoms with Crippen molar-refractivity contribution in [1.82, 2.24) is 14.5 Å². The van der Waals surface area contributed by atoms with Gasteiger partial charge in [0.25, 0.3) is 5.91 Å². The van der Waals surface area contributed by atoms with E-state index in [0.717, 1.165) is 30.2 Å². The van der Waals surface area contributed by atoms with Crippen molar-refractivity contribution in [3.8, 4) is 0 Å². The normalized spacial score (nSPS) is 13.7. The summed E-state index contributed by atoms with van der Waals surface area (Å²) in [5.41, 5.74) is 2.72. The molecule has 0 saturated heterocycles. The summed E-state index contributed by atoms with van der Waals surface area (Å²) in [4.78, 5) is 19.2. The zero-order chi connectivity index (χ0) is 18.1. The van der Waals surface area contributed by atoms with E-state index in [1.165, 1.54) is 5.56 Å². The van der Waals surface area contributed by atoms with Crippen LogP contribution in [0.4, 0.5) is 0 Å². The van der Waals surface area contributed by atoms with Crippen LogP contribution in [-0.4, -0.2) is 26.9 Å². The summed E-state index contributed by atoms with van der Waals surface area (Å²) in [7, 11) is 1.83. The van der Waals surface area contributed by atoms with Crippen LogP contribution in [0.2, 0.25) is 5.02 Å². The van der Waals surface area contributed by atoms with Gasteiger partial charge in [0.1, 0.15) is 17.1 Å². The molecule has 3 heterocycles. The summed E-state index contributed by atoms with van der Waals surface area (Å²) in [5.74, 6) is 1.62. The Kier molecular flexibility index (Phi) is 4.55. The maximum atomic E-state index is 12.7. The molecule has 0 bridgehead atoms. The number of nitrogens with zero attached hydrogens (tertiary/aromatic N) is 3. The van der Waals surface area contributed by atoms with E-state index in [1.54, 1.807) is 21.7 Å². The van der Waals surface area contributed by atoms with Crippen LogP contribution in [0.15, 0.2) is 47.0 Å². The van der Waals surface area contributed by atoms with Crippen molar-refractivity contribution in [2.45, 2.75) is 25.8 Å². The average molecular weight is 370 g/mol. The lowest BCUT2D eigenvalue weighted by atomic mass is 10.1. The minimum absolute atomic E-state index is 0.0288. The molecule has 0 unspecified atom stereocenters. The Morgan fingerprint density at radius 1 is 1.27 bits per heavy atom. The van der Waals surface area contributed by atoms with Crippen molar-refractivity contribution in [1.29, 1.82) is 0 Å². The molecular weight excluding hydrogens is 350 g/mol. The molecule has 6 heteroatoms. The molecule has 0 atom stereocenters. The first-order valence-electron chi connectivity index (χ1n) is 8.72. The molecular formula is C20H20ClN3O2. The molecule has 1 aromatic carbocycles. The zero-order valence-electron chi connectivity index (χ0n) is 14.6. The molecule has 1 aliphatic rings. The van der Waals surface area contributed by atoms with E-state index in [9.17, 15) is 4.79 Å². The maximum Gasteiger partial charge on any atom is 0.270 e. The highest BCUT2D eigenvalue weighted by molar-refractivity contribution is 6.31. The Hall–Kier alpha value is -2.53. The lowest BCUT2D eigenvalue weighted by Crippen LogP contribution is -2.36. The van der Waals surface area contributed by atoms with Crippen molar-refractivity contribution in [3.05, 3.63) is 76.2 Å². The number of halogens is 1. The first-order valence-corrected chi connectivity index (χ1v) is 9.10. The number of oxazole rings is 1. The van der Waals surface area contributed by atoms with Crippen LogP contribution in [0.25, 0.3) is 0 Å². The van der Waals surface area contributed by atoms with Crippen molar-refractivity contribution >= 4 is 17.5 Å². The van der Waals surface area contributed by atoms with Gasteiger partial charge >= 0.3 is 0 Å². The largest absolute Gasteiger partial charge is 0.445 e. The molecule has 4 rings (SSSR count). The third kappa shape index (κ3) is 3.40. The fourth-order valence-electron chi connectivity index (χ4n) is 3.33. The lowest BCUT2D eigenvalue weighted by molar-refractivity contribution is 0.0718. The van der Waals surface area contributed by atoms with Gasteiger partial charge in [-0.1, -0.05) is 41.9 Å². The number of fused-ring (bicyclic) bond motifs is 1. The fourth-order valence-corrected chi connectivity index (χ4v) is 3.58. The molecule has 1 aliphatic heterocycles. The van der Waals surface area contributed by atoms with E-state index >= 15 is 0 Å². The monoisotopic (exact) mass is 369 g/mol. The van der Waals surface area contributed by atoms with Crippen LogP contribution in [0.1, 0.15) is 33.4 Å². The maximum absolute atomic E-state index is 12.7. The molecule has 5 nitrogen and oxygen atoms in total. The Bertz CT molecular complexity index is 930. The van der Waals surface area contributed by atoms with E-state index in [1.807, 2.05) is 25.2 Å². The number of benzene rings is 1. The molecule has 1 amide bonds. The first-order chi connectivity index (χ1) is 12.6. The molecule has 0 fully saturated rings. The summed E-state index contributed by atoms with van der Waals surface area (Å²) in [6, 6.07) is 12.0. The predicted octanol–water partition coefficient (Wildman–Crippen LogP) is 3.65. The Balaban J connectivity index is 1.45. The van der Waals surface area contributed by atoms with Gasteiger partial charge in [0.05, 0.1) is 11.6 Å². The third-order valence-electron chi connectivity index (χ3n) is 4.72. The highest BCUT2D eigenvalue weighted by atomic mass is 35.5. The number of carbonyl (C=O) groups excluding carboxylic acids is 1. The van der Waals surface area contributed by atoms with Crippen molar-refractivity contribution in [2.75, 3.05) is 6.54 Å². The molecule has 3 aromatic rings. The zero-order valence-corrected chi connectivity index (χ0v) is 15.4. The summed E-state index contributed by atoms with van der Waals surface area (Å²) in [5, 5.41) is 0.568. The standard InChI is InChI=1S/C20H20ClN3O2/c1-23-12-15(21)11-17(23)20(25)24-10-9-18-16(13-24)22-19(26-18)8-7-14-5-3-2-4-6-14/h2-6,11-12H,7-10,13H2,1H3. The minimum Gasteiger partial charge on any atom is -0.445 e. The van der Waals surface area contributed by atoms with Crippen molar-refractivity contribution < 1.29 is 9.21 Å².